The van der Waals surface area contributed by atoms with Crippen LogP contribution < -0.4 is 10.6 Å². The molecule has 0 aromatic heterocycles. The Morgan fingerprint density at radius 3 is 2.61 bits per heavy atom. The summed E-state index contributed by atoms with van der Waals surface area (Å²) < 4.78 is 31.4. The molecule has 150 valence electrons. The molecule has 0 unspecified atom stereocenters. The first kappa shape index (κ1) is 19.7. The van der Waals surface area contributed by atoms with Crippen LogP contribution in [0.5, 0.6) is 0 Å². The van der Waals surface area contributed by atoms with Crippen molar-refractivity contribution in [1.29, 1.82) is 0 Å². The highest BCUT2D eigenvalue weighted by atomic mass is 19.1. The van der Waals surface area contributed by atoms with Crippen LogP contribution in [0, 0.1) is 11.6 Å². The maximum Gasteiger partial charge on any atom is 0.327 e. The van der Waals surface area contributed by atoms with Gasteiger partial charge < -0.3 is 15.4 Å². The number of ether oxygens (including phenoxy) is 1. The molecule has 1 aromatic carbocycles. The van der Waals surface area contributed by atoms with Crippen LogP contribution in [0.15, 0.2) is 18.2 Å². The highest BCUT2D eigenvalue weighted by Gasteiger charge is 2.52. The summed E-state index contributed by atoms with van der Waals surface area (Å²) >= 11 is 0. The lowest BCUT2D eigenvalue weighted by molar-refractivity contribution is -0.155. The molecule has 1 aromatic rings. The molecule has 10 heteroatoms. The maximum atomic E-state index is 13.6. The van der Waals surface area contributed by atoms with Gasteiger partial charge in [-0.15, -0.1) is 0 Å². The lowest BCUT2D eigenvalue weighted by Gasteiger charge is -2.20. The van der Waals surface area contributed by atoms with E-state index < -0.39 is 53.6 Å². The van der Waals surface area contributed by atoms with E-state index in [0.29, 0.717) is 18.9 Å². The largest absolute Gasteiger partial charge is 0.451 e. The number of hydrogen-bond donors (Lipinski definition) is 2. The van der Waals surface area contributed by atoms with Crippen molar-refractivity contribution < 1.29 is 32.7 Å². The summed E-state index contributed by atoms with van der Waals surface area (Å²) in [6.45, 7) is 0.619. The van der Waals surface area contributed by atoms with Gasteiger partial charge in [0.1, 0.15) is 23.7 Å². The number of hydrogen-bond acceptors (Lipinski definition) is 5. The van der Waals surface area contributed by atoms with Gasteiger partial charge >= 0.3 is 12.0 Å². The minimum Gasteiger partial charge on any atom is -0.451 e. The van der Waals surface area contributed by atoms with Gasteiger partial charge in [0.05, 0.1) is 5.69 Å². The predicted octanol–water partition coefficient (Wildman–Crippen LogP) is 1.70. The van der Waals surface area contributed by atoms with Crippen LogP contribution in [-0.2, 0) is 19.1 Å². The van der Waals surface area contributed by atoms with Crippen LogP contribution in [0.1, 0.15) is 32.6 Å². The van der Waals surface area contributed by atoms with E-state index in [1.807, 2.05) is 0 Å². The second-order valence-electron chi connectivity index (χ2n) is 6.86. The number of nitrogens with one attached hydrogen (secondary N) is 2. The topological polar surface area (TPSA) is 105 Å². The molecule has 2 N–H and O–H groups in total. The normalized spacial score (nSPS) is 18.9. The van der Waals surface area contributed by atoms with Crippen molar-refractivity contribution in [2.45, 2.75) is 44.2 Å². The summed E-state index contributed by atoms with van der Waals surface area (Å²) in [5.41, 5.74) is -1.22. The van der Waals surface area contributed by atoms with Gasteiger partial charge in [0.25, 0.3) is 11.8 Å². The van der Waals surface area contributed by atoms with Crippen molar-refractivity contribution in [2.24, 2.45) is 0 Å². The van der Waals surface area contributed by atoms with Crippen molar-refractivity contribution in [3.63, 3.8) is 0 Å². The summed E-state index contributed by atoms with van der Waals surface area (Å²) in [5.74, 6) is -4.06. The Hall–Kier alpha value is -3.04. The number of halogens is 2. The molecule has 0 radical (unpaired) electrons. The van der Waals surface area contributed by atoms with Gasteiger partial charge in [-0.25, -0.2) is 13.6 Å². The van der Waals surface area contributed by atoms with E-state index in [4.69, 9.17) is 4.74 Å². The number of amides is 4. The zero-order chi connectivity index (χ0) is 20.5. The number of nitrogens with zero attached hydrogens (tertiary/aromatic N) is 1. The number of imide groups is 1. The molecule has 2 fully saturated rings. The molecule has 1 aliphatic carbocycles. The summed E-state index contributed by atoms with van der Waals surface area (Å²) in [7, 11) is 0. The van der Waals surface area contributed by atoms with E-state index in [9.17, 15) is 28.0 Å². The molecule has 1 atom stereocenters. The van der Waals surface area contributed by atoms with E-state index >= 15 is 0 Å². The molecular formula is C18H19F2N3O5. The van der Waals surface area contributed by atoms with Crippen molar-refractivity contribution in [2.75, 3.05) is 11.9 Å². The molecule has 1 saturated heterocycles. The molecule has 4 amide bonds. The van der Waals surface area contributed by atoms with Gasteiger partial charge in [-0.1, -0.05) is 12.8 Å². The molecule has 8 nitrogen and oxygen atoms in total. The summed E-state index contributed by atoms with van der Waals surface area (Å²) in [6, 6.07) is 1.93. The smallest absolute Gasteiger partial charge is 0.327 e. The fourth-order valence-electron chi connectivity index (χ4n) is 3.38. The lowest BCUT2D eigenvalue weighted by Crippen LogP contribution is -2.44. The van der Waals surface area contributed by atoms with Crippen LogP contribution in [0.3, 0.4) is 0 Å². The third-order valence-electron chi connectivity index (χ3n) is 4.86. The Morgan fingerprint density at radius 2 is 1.96 bits per heavy atom. The van der Waals surface area contributed by atoms with Crippen molar-refractivity contribution in [1.82, 2.24) is 10.2 Å². The third-order valence-corrected chi connectivity index (χ3v) is 4.86. The molecule has 1 saturated carbocycles. The maximum absolute atomic E-state index is 13.6. The van der Waals surface area contributed by atoms with Crippen LogP contribution in [-0.4, -0.2) is 46.9 Å². The number of urea groups is 1. The minimum absolute atomic E-state index is 0.272. The second kappa shape index (κ2) is 7.53. The van der Waals surface area contributed by atoms with Gasteiger partial charge in [-0.2, -0.15) is 0 Å². The molecular weight excluding hydrogens is 376 g/mol. The van der Waals surface area contributed by atoms with Crippen molar-refractivity contribution >= 4 is 29.5 Å². The minimum atomic E-state index is -1.32. The Morgan fingerprint density at radius 1 is 1.29 bits per heavy atom. The second-order valence-corrected chi connectivity index (χ2v) is 6.86. The number of esters is 1. The highest BCUT2D eigenvalue weighted by Crippen LogP contribution is 2.34. The first-order valence-electron chi connectivity index (χ1n) is 8.81. The van der Waals surface area contributed by atoms with Crippen LogP contribution >= 0.6 is 0 Å². The summed E-state index contributed by atoms with van der Waals surface area (Å²) in [5, 5.41) is 4.81. The van der Waals surface area contributed by atoms with Crippen LogP contribution in [0.2, 0.25) is 0 Å². The Bertz CT molecular complexity index is 839. The van der Waals surface area contributed by atoms with Crippen LogP contribution in [0.4, 0.5) is 19.3 Å². The lowest BCUT2D eigenvalue weighted by atomic mass is 9.98. The van der Waals surface area contributed by atoms with Gasteiger partial charge in [0.2, 0.25) is 0 Å². The Balaban J connectivity index is 1.56. The fraction of sp³-hybridized carbons (Fsp3) is 0.444. The fourth-order valence-corrected chi connectivity index (χ4v) is 3.38. The molecule has 2 aliphatic rings. The summed E-state index contributed by atoms with van der Waals surface area (Å²) in [4.78, 5) is 49.4. The molecule has 3 rings (SSSR count). The quantitative estimate of drug-likeness (QED) is 0.583. The van der Waals surface area contributed by atoms with E-state index in [1.165, 1.54) is 6.92 Å². The predicted molar refractivity (Wildman–Crippen MR) is 92.0 cm³/mol. The first-order chi connectivity index (χ1) is 13.2. The monoisotopic (exact) mass is 395 g/mol. The van der Waals surface area contributed by atoms with Gasteiger partial charge in [-0.05, 0) is 31.9 Å². The molecule has 0 bridgehead atoms. The van der Waals surface area contributed by atoms with E-state index in [2.05, 4.69) is 10.6 Å². The van der Waals surface area contributed by atoms with Gasteiger partial charge in [-0.3, -0.25) is 19.3 Å². The first-order valence-corrected chi connectivity index (χ1v) is 8.81. The average Bonchev–Trinajstić information content (AvgIpc) is 3.18. The molecule has 1 spiro atoms. The summed E-state index contributed by atoms with van der Waals surface area (Å²) in [6.07, 6.45) is 1.33. The van der Waals surface area contributed by atoms with E-state index in [-0.39, 0.29) is 5.69 Å². The van der Waals surface area contributed by atoms with Crippen LogP contribution in [0.25, 0.3) is 0 Å². The number of anilines is 1. The molecule has 1 heterocycles. The van der Waals surface area contributed by atoms with Gasteiger partial charge in [0.15, 0.2) is 6.10 Å². The van der Waals surface area contributed by atoms with E-state index in [1.54, 1.807) is 0 Å². The Labute approximate surface area is 159 Å². The number of benzene rings is 1. The SMILES string of the molecule is C[C@@H](OC(=O)CN1C(=O)NC2(CCCC2)C1=O)C(=O)Nc1ccc(F)cc1F. The van der Waals surface area contributed by atoms with Crippen molar-refractivity contribution in [3.05, 3.63) is 29.8 Å². The van der Waals surface area contributed by atoms with Gasteiger partial charge in [0, 0.05) is 6.07 Å². The number of rotatable bonds is 5. The number of carbonyl (C=O) groups is 4. The molecule has 1 aliphatic heterocycles. The highest BCUT2D eigenvalue weighted by molar-refractivity contribution is 6.09. The molecule has 28 heavy (non-hydrogen) atoms. The zero-order valence-corrected chi connectivity index (χ0v) is 15.1. The average molecular weight is 395 g/mol. The van der Waals surface area contributed by atoms with E-state index in [0.717, 1.165) is 29.9 Å². The Kier molecular flexibility index (Phi) is 5.30. The number of carbonyl (C=O) groups excluding carboxylic acids is 4. The standard InChI is InChI=1S/C18H19F2N3O5/c1-10(15(25)21-13-5-4-11(19)8-12(13)20)28-14(24)9-23-16(26)18(22-17(23)27)6-2-3-7-18/h4-5,8,10H,2-3,6-7,9H2,1H3,(H,21,25)(H,22,27)/t10-/m1/s1. The zero-order valence-electron chi connectivity index (χ0n) is 15.1. The van der Waals surface area contributed by atoms with Crippen molar-refractivity contribution in [3.8, 4) is 0 Å². The third kappa shape index (κ3) is 3.80.